The molecular weight excluding hydrogens is 383 g/mol. The number of aromatic nitrogens is 3. The number of halogens is 2. The first-order valence-electron chi connectivity index (χ1n) is 8.25. The molecule has 4 rings (SSSR count). The van der Waals surface area contributed by atoms with Gasteiger partial charge in [0.05, 0.1) is 17.9 Å². The second kappa shape index (κ2) is 7.19. The Morgan fingerprint density at radius 2 is 1.56 bits per heavy atom. The normalized spacial score (nSPS) is 11.2. The molecule has 136 valence electrons. The van der Waals surface area contributed by atoms with E-state index in [1.165, 1.54) is 0 Å². The summed E-state index contributed by atoms with van der Waals surface area (Å²) >= 11 is 12.0. The minimum absolute atomic E-state index is 0.344. The standard InChI is InChI=1S/C20H16Cl2N4O/c1-27-11-17-18(13-4-8-15(22)9-5-13)20-24-10-16(19(23)26(20)25-17)12-2-6-14(21)7-3-12/h2-10H,11,23H2,1H3. The summed E-state index contributed by atoms with van der Waals surface area (Å²) in [5, 5.41) is 5.98. The molecule has 0 atom stereocenters. The fourth-order valence-corrected chi connectivity index (χ4v) is 3.30. The van der Waals surface area contributed by atoms with Crippen LogP contribution in [-0.4, -0.2) is 21.7 Å². The summed E-state index contributed by atoms with van der Waals surface area (Å²) < 4.78 is 6.98. The van der Waals surface area contributed by atoms with Crippen LogP contribution in [0.5, 0.6) is 0 Å². The topological polar surface area (TPSA) is 65.4 Å². The van der Waals surface area contributed by atoms with Gasteiger partial charge < -0.3 is 10.5 Å². The molecule has 2 heterocycles. The smallest absolute Gasteiger partial charge is 0.165 e. The van der Waals surface area contributed by atoms with Crippen LogP contribution in [0, 0.1) is 0 Å². The van der Waals surface area contributed by atoms with Crippen molar-refractivity contribution < 1.29 is 4.74 Å². The highest BCUT2D eigenvalue weighted by molar-refractivity contribution is 6.31. The second-order valence-corrected chi connectivity index (χ2v) is 6.93. The first-order chi connectivity index (χ1) is 13.1. The summed E-state index contributed by atoms with van der Waals surface area (Å²) in [5.41, 5.74) is 11.4. The number of methoxy groups -OCH3 is 1. The third-order valence-corrected chi connectivity index (χ3v) is 4.83. The molecule has 0 aliphatic heterocycles. The van der Waals surface area contributed by atoms with Crippen molar-refractivity contribution in [2.75, 3.05) is 12.8 Å². The minimum Gasteiger partial charge on any atom is -0.383 e. The monoisotopic (exact) mass is 398 g/mol. The van der Waals surface area contributed by atoms with Crippen molar-refractivity contribution in [3.8, 4) is 22.3 Å². The Hall–Kier alpha value is -2.60. The van der Waals surface area contributed by atoms with Gasteiger partial charge >= 0.3 is 0 Å². The molecule has 0 bridgehead atoms. The second-order valence-electron chi connectivity index (χ2n) is 6.06. The predicted molar refractivity (Wildman–Crippen MR) is 109 cm³/mol. The van der Waals surface area contributed by atoms with Crippen LogP contribution in [0.2, 0.25) is 10.0 Å². The van der Waals surface area contributed by atoms with E-state index in [1.54, 1.807) is 17.8 Å². The van der Waals surface area contributed by atoms with Crippen LogP contribution in [0.4, 0.5) is 5.82 Å². The van der Waals surface area contributed by atoms with Gasteiger partial charge in [0.2, 0.25) is 0 Å². The Bertz CT molecular complexity index is 1110. The summed E-state index contributed by atoms with van der Waals surface area (Å²) in [6.45, 7) is 0.344. The molecule has 4 aromatic rings. The molecule has 0 unspecified atom stereocenters. The van der Waals surface area contributed by atoms with Crippen molar-refractivity contribution in [3.63, 3.8) is 0 Å². The highest BCUT2D eigenvalue weighted by atomic mass is 35.5. The van der Waals surface area contributed by atoms with Crippen molar-refractivity contribution >= 4 is 34.7 Å². The fourth-order valence-electron chi connectivity index (χ4n) is 3.05. The van der Waals surface area contributed by atoms with E-state index in [0.717, 1.165) is 27.9 Å². The Balaban J connectivity index is 1.93. The zero-order valence-corrected chi connectivity index (χ0v) is 16.0. The van der Waals surface area contributed by atoms with E-state index >= 15 is 0 Å². The highest BCUT2D eigenvalue weighted by Crippen LogP contribution is 2.33. The maximum absolute atomic E-state index is 6.44. The van der Waals surface area contributed by atoms with Gasteiger partial charge in [0.1, 0.15) is 5.82 Å². The molecular formula is C20H16Cl2N4O. The van der Waals surface area contributed by atoms with Gasteiger partial charge in [-0.1, -0.05) is 47.5 Å². The molecule has 5 nitrogen and oxygen atoms in total. The first-order valence-corrected chi connectivity index (χ1v) is 9.01. The van der Waals surface area contributed by atoms with Gasteiger partial charge in [-0.25, -0.2) is 4.98 Å². The van der Waals surface area contributed by atoms with E-state index in [-0.39, 0.29) is 0 Å². The van der Waals surface area contributed by atoms with E-state index in [1.807, 2.05) is 48.5 Å². The number of fused-ring (bicyclic) bond motifs is 1. The average Bonchev–Trinajstić information content (AvgIpc) is 3.03. The van der Waals surface area contributed by atoms with E-state index < -0.39 is 0 Å². The molecule has 7 heteroatoms. The Morgan fingerprint density at radius 3 is 2.15 bits per heavy atom. The van der Waals surface area contributed by atoms with Crippen LogP contribution in [0.25, 0.3) is 27.9 Å². The lowest BCUT2D eigenvalue weighted by atomic mass is 10.1. The zero-order chi connectivity index (χ0) is 19.0. The van der Waals surface area contributed by atoms with Gasteiger partial charge in [0.15, 0.2) is 5.65 Å². The zero-order valence-electron chi connectivity index (χ0n) is 14.5. The molecule has 27 heavy (non-hydrogen) atoms. The lowest BCUT2D eigenvalue weighted by molar-refractivity contribution is 0.181. The predicted octanol–water partition coefficient (Wildman–Crippen LogP) is 5.10. The number of anilines is 1. The minimum atomic E-state index is 0.344. The number of ether oxygens (including phenoxy) is 1. The van der Waals surface area contributed by atoms with Gasteiger partial charge in [-0.05, 0) is 35.4 Å². The SMILES string of the molecule is COCc1nn2c(N)c(-c3ccc(Cl)cc3)cnc2c1-c1ccc(Cl)cc1. The van der Waals surface area contributed by atoms with Gasteiger partial charge in [0.25, 0.3) is 0 Å². The maximum Gasteiger partial charge on any atom is 0.165 e. The summed E-state index contributed by atoms with van der Waals surface area (Å²) in [6, 6.07) is 15.0. The largest absolute Gasteiger partial charge is 0.383 e. The maximum atomic E-state index is 6.44. The van der Waals surface area contributed by atoms with Crippen LogP contribution >= 0.6 is 23.2 Å². The number of hydrogen-bond donors (Lipinski definition) is 1. The Labute approximate surface area is 166 Å². The summed E-state index contributed by atoms with van der Waals surface area (Å²) in [4.78, 5) is 4.64. The van der Waals surface area contributed by atoms with Crippen molar-refractivity contribution in [2.24, 2.45) is 0 Å². The molecule has 2 N–H and O–H groups in total. The quantitative estimate of drug-likeness (QED) is 0.519. The van der Waals surface area contributed by atoms with Crippen LogP contribution in [0.15, 0.2) is 54.7 Å². The van der Waals surface area contributed by atoms with E-state index in [2.05, 4.69) is 10.1 Å². The van der Waals surface area contributed by atoms with Crippen molar-refractivity contribution in [2.45, 2.75) is 6.61 Å². The summed E-state index contributed by atoms with van der Waals surface area (Å²) in [6.07, 6.45) is 1.76. The van der Waals surface area contributed by atoms with E-state index in [0.29, 0.717) is 28.1 Å². The van der Waals surface area contributed by atoms with Gasteiger partial charge in [-0.2, -0.15) is 9.61 Å². The average molecular weight is 399 g/mol. The molecule has 0 aliphatic carbocycles. The Kier molecular flexibility index (Phi) is 4.74. The van der Waals surface area contributed by atoms with Crippen molar-refractivity contribution in [3.05, 3.63) is 70.5 Å². The van der Waals surface area contributed by atoms with Crippen LogP contribution in [0.3, 0.4) is 0 Å². The van der Waals surface area contributed by atoms with Gasteiger partial charge in [-0.3, -0.25) is 0 Å². The van der Waals surface area contributed by atoms with Crippen LogP contribution < -0.4 is 5.73 Å². The van der Waals surface area contributed by atoms with E-state index in [9.17, 15) is 0 Å². The van der Waals surface area contributed by atoms with E-state index in [4.69, 9.17) is 33.7 Å². The molecule has 0 radical (unpaired) electrons. The number of nitrogens with two attached hydrogens (primary N) is 1. The number of hydrogen-bond acceptors (Lipinski definition) is 4. The first kappa shape index (κ1) is 17.8. The number of benzene rings is 2. The molecule has 0 saturated heterocycles. The van der Waals surface area contributed by atoms with Crippen LogP contribution in [-0.2, 0) is 11.3 Å². The van der Waals surface area contributed by atoms with Gasteiger partial charge in [-0.15, -0.1) is 0 Å². The molecule has 0 aliphatic rings. The lowest BCUT2D eigenvalue weighted by Crippen LogP contribution is -2.03. The highest BCUT2D eigenvalue weighted by Gasteiger charge is 2.19. The Morgan fingerprint density at radius 1 is 0.963 bits per heavy atom. The molecule has 2 aromatic heterocycles. The van der Waals surface area contributed by atoms with Crippen molar-refractivity contribution in [1.29, 1.82) is 0 Å². The lowest BCUT2D eigenvalue weighted by Gasteiger charge is -2.08. The fraction of sp³-hybridized carbons (Fsp3) is 0.100. The number of nitrogens with zero attached hydrogens (tertiary/aromatic N) is 3. The van der Waals surface area contributed by atoms with Crippen molar-refractivity contribution in [1.82, 2.24) is 14.6 Å². The summed E-state index contributed by atoms with van der Waals surface area (Å²) in [7, 11) is 1.63. The van der Waals surface area contributed by atoms with Gasteiger partial charge in [0, 0.05) is 28.9 Å². The third kappa shape index (κ3) is 3.25. The molecule has 0 fully saturated rings. The molecule has 0 spiro atoms. The third-order valence-electron chi connectivity index (χ3n) is 4.32. The summed E-state index contributed by atoms with van der Waals surface area (Å²) in [5.74, 6) is 0.500. The van der Waals surface area contributed by atoms with Crippen LogP contribution in [0.1, 0.15) is 5.69 Å². The number of nitrogen functional groups attached to an aromatic ring is 1. The molecule has 2 aromatic carbocycles. The molecule has 0 saturated carbocycles. The number of rotatable bonds is 4. The molecule has 0 amide bonds.